The first-order valence-corrected chi connectivity index (χ1v) is 9.16. The van der Waals surface area contributed by atoms with Crippen LogP contribution in [-0.4, -0.2) is 41.1 Å². The molecule has 1 unspecified atom stereocenters. The maximum absolute atomic E-state index is 12.5. The second-order valence-corrected chi connectivity index (χ2v) is 6.86. The van der Waals surface area contributed by atoms with Gasteiger partial charge in [-0.2, -0.15) is 0 Å². The summed E-state index contributed by atoms with van der Waals surface area (Å²) < 4.78 is 5.38. The summed E-state index contributed by atoms with van der Waals surface area (Å²) in [7, 11) is 0. The predicted molar refractivity (Wildman–Crippen MR) is 100 cm³/mol. The number of carbonyl (C=O) groups is 2. The molecule has 2 aromatic rings. The number of urea groups is 1. The van der Waals surface area contributed by atoms with Crippen molar-refractivity contribution in [2.45, 2.75) is 32.0 Å². The van der Waals surface area contributed by atoms with Crippen LogP contribution in [0.25, 0.3) is 0 Å². The maximum Gasteiger partial charge on any atom is 0.322 e. The van der Waals surface area contributed by atoms with Crippen LogP contribution in [0.4, 0.5) is 10.5 Å². The summed E-state index contributed by atoms with van der Waals surface area (Å²) in [6, 6.07) is 10.7. The lowest BCUT2D eigenvalue weighted by atomic mass is 10.1. The molecule has 7 nitrogen and oxygen atoms in total. The van der Waals surface area contributed by atoms with Gasteiger partial charge in [-0.3, -0.25) is 9.78 Å². The predicted octanol–water partition coefficient (Wildman–Crippen LogP) is 2.54. The molecular formula is C20H22N4O3. The number of anilines is 1. The van der Waals surface area contributed by atoms with Crippen LogP contribution in [0.5, 0.6) is 0 Å². The number of ether oxygens (including phenoxy) is 1. The minimum Gasteiger partial charge on any atom is -0.379 e. The van der Waals surface area contributed by atoms with E-state index in [4.69, 9.17) is 4.74 Å². The molecule has 1 atom stereocenters. The molecule has 1 saturated heterocycles. The van der Waals surface area contributed by atoms with Gasteiger partial charge < -0.3 is 20.3 Å². The largest absolute Gasteiger partial charge is 0.379 e. The van der Waals surface area contributed by atoms with Crippen molar-refractivity contribution in [3.63, 3.8) is 0 Å². The maximum atomic E-state index is 12.5. The van der Waals surface area contributed by atoms with Crippen LogP contribution in [0.1, 0.15) is 34.5 Å². The Balaban J connectivity index is 1.32. The summed E-state index contributed by atoms with van der Waals surface area (Å²) in [6.07, 6.45) is 3.64. The number of pyridine rings is 1. The van der Waals surface area contributed by atoms with E-state index in [-0.39, 0.29) is 18.0 Å². The normalized spacial score (nSPS) is 18.7. The van der Waals surface area contributed by atoms with Crippen molar-refractivity contribution >= 4 is 17.6 Å². The smallest absolute Gasteiger partial charge is 0.322 e. The summed E-state index contributed by atoms with van der Waals surface area (Å²) in [5.74, 6) is -0.121. The number of rotatable bonds is 3. The van der Waals surface area contributed by atoms with E-state index in [0.29, 0.717) is 30.9 Å². The third-order valence-corrected chi connectivity index (χ3v) is 4.87. The zero-order valence-corrected chi connectivity index (χ0v) is 15.0. The molecule has 0 radical (unpaired) electrons. The van der Waals surface area contributed by atoms with E-state index in [1.165, 1.54) is 0 Å². The van der Waals surface area contributed by atoms with Crippen LogP contribution in [0.3, 0.4) is 0 Å². The van der Waals surface area contributed by atoms with Gasteiger partial charge in [-0.1, -0.05) is 6.07 Å². The van der Waals surface area contributed by atoms with Crippen molar-refractivity contribution in [2.24, 2.45) is 0 Å². The minimum absolute atomic E-state index is 0.0658. The summed E-state index contributed by atoms with van der Waals surface area (Å²) in [5, 5.41) is 5.86. The highest BCUT2D eigenvalue weighted by Gasteiger charge is 2.24. The van der Waals surface area contributed by atoms with E-state index < -0.39 is 0 Å². The molecule has 140 valence electrons. The van der Waals surface area contributed by atoms with Crippen LogP contribution in [0.2, 0.25) is 0 Å². The van der Waals surface area contributed by atoms with Crippen molar-refractivity contribution in [2.75, 3.05) is 18.5 Å². The Kier molecular flexibility index (Phi) is 5.02. The number of fused-ring (bicyclic) bond motifs is 1. The third-order valence-electron chi connectivity index (χ3n) is 4.87. The van der Waals surface area contributed by atoms with Gasteiger partial charge in [0.2, 0.25) is 0 Å². The molecule has 0 aliphatic carbocycles. The number of nitrogens with one attached hydrogen (secondary N) is 2. The lowest BCUT2D eigenvalue weighted by Crippen LogP contribution is -2.40. The van der Waals surface area contributed by atoms with Crippen molar-refractivity contribution in [3.8, 4) is 0 Å². The SMILES string of the molecule is O=C(NC1CCCOC1)c1ccc(NC(=O)N2Cc3cccnc3C2)cc1. The molecule has 7 heteroatoms. The van der Waals surface area contributed by atoms with E-state index in [2.05, 4.69) is 15.6 Å². The second-order valence-electron chi connectivity index (χ2n) is 6.86. The minimum atomic E-state index is -0.176. The lowest BCUT2D eigenvalue weighted by molar-refractivity contribution is 0.0624. The highest BCUT2D eigenvalue weighted by Crippen LogP contribution is 2.21. The van der Waals surface area contributed by atoms with Crippen LogP contribution in [0, 0.1) is 0 Å². The number of benzene rings is 1. The third kappa shape index (κ3) is 4.09. The van der Waals surface area contributed by atoms with Crippen LogP contribution in [-0.2, 0) is 17.8 Å². The number of hydrogen-bond acceptors (Lipinski definition) is 4. The quantitative estimate of drug-likeness (QED) is 0.874. The molecule has 1 fully saturated rings. The molecule has 2 aliphatic heterocycles. The summed E-state index contributed by atoms with van der Waals surface area (Å²) in [6.45, 7) is 2.39. The fourth-order valence-electron chi connectivity index (χ4n) is 3.37. The first-order chi connectivity index (χ1) is 13.2. The Morgan fingerprint density at radius 2 is 2.00 bits per heavy atom. The molecule has 2 N–H and O–H groups in total. The van der Waals surface area contributed by atoms with Gasteiger partial charge in [0.15, 0.2) is 0 Å². The first-order valence-electron chi connectivity index (χ1n) is 9.16. The Bertz CT molecular complexity index is 806. The van der Waals surface area contributed by atoms with Gasteiger partial charge in [-0.05, 0) is 48.7 Å². The Hall–Kier alpha value is -2.93. The van der Waals surface area contributed by atoms with Gasteiger partial charge in [0.05, 0.1) is 24.9 Å². The van der Waals surface area contributed by atoms with E-state index in [9.17, 15) is 9.59 Å². The monoisotopic (exact) mass is 366 g/mol. The fourth-order valence-corrected chi connectivity index (χ4v) is 3.37. The summed E-state index contributed by atoms with van der Waals surface area (Å²) in [4.78, 5) is 30.8. The van der Waals surface area contributed by atoms with Crippen LogP contribution >= 0.6 is 0 Å². The Morgan fingerprint density at radius 3 is 2.74 bits per heavy atom. The average molecular weight is 366 g/mol. The van der Waals surface area contributed by atoms with Gasteiger partial charge in [-0.25, -0.2) is 4.79 Å². The molecule has 1 aromatic carbocycles. The first kappa shape index (κ1) is 17.5. The summed E-state index contributed by atoms with van der Waals surface area (Å²) >= 11 is 0. The zero-order chi connectivity index (χ0) is 18.6. The van der Waals surface area contributed by atoms with E-state index in [1.54, 1.807) is 35.4 Å². The number of amides is 3. The molecule has 1 aromatic heterocycles. The molecule has 0 spiro atoms. The van der Waals surface area contributed by atoms with Crippen LogP contribution in [0.15, 0.2) is 42.6 Å². The molecule has 2 aliphatic rings. The Morgan fingerprint density at radius 1 is 1.15 bits per heavy atom. The molecule has 3 heterocycles. The van der Waals surface area contributed by atoms with Gasteiger partial charge in [0.25, 0.3) is 5.91 Å². The van der Waals surface area contributed by atoms with Crippen molar-refractivity contribution in [3.05, 3.63) is 59.4 Å². The van der Waals surface area contributed by atoms with Gasteiger partial charge >= 0.3 is 6.03 Å². The molecule has 27 heavy (non-hydrogen) atoms. The topological polar surface area (TPSA) is 83.6 Å². The van der Waals surface area contributed by atoms with Crippen molar-refractivity contribution in [1.82, 2.24) is 15.2 Å². The lowest BCUT2D eigenvalue weighted by Gasteiger charge is -2.23. The zero-order valence-electron chi connectivity index (χ0n) is 15.0. The second kappa shape index (κ2) is 7.75. The average Bonchev–Trinajstić information content (AvgIpc) is 3.14. The van der Waals surface area contributed by atoms with Crippen LogP contribution < -0.4 is 10.6 Å². The molecule has 0 saturated carbocycles. The van der Waals surface area contributed by atoms with Gasteiger partial charge in [-0.15, -0.1) is 0 Å². The van der Waals surface area contributed by atoms with Crippen molar-refractivity contribution < 1.29 is 14.3 Å². The van der Waals surface area contributed by atoms with Gasteiger partial charge in [0, 0.05) is 30.6 Å². The van der Waals surface area contributed by atoms with Crippen molar-refractivity contribution in [1.29, 1.82) is 0 Å². The number of carbonyl (C=O) groups excluding carboxylic acids is 2. The molecular weight excluding hydrogens is 344 g/mol. The highest BCUT2D eigenvalue weighted by molar-refractivity contribution is 5.95. The van der Waals surface area contributed by atoms with E-state index in [0.717, 1.165) is 30.7 Å². The fraction of sp³-hybridized carbons (Fsp3) is 0.350. The number of aromatic nitrogens is 1. The van der Waals surface area contributed by atoms with E-state index >= 15 is 0 Å². The Labute approximate surface area is 157 Å². The molecule has 0 bridgehead atoms. The number of hydrogen-bond donors (Lipinski definition) is 2. The van der Waals surface area contributed by atoms with Gasteiger partial charge in [0.1, 0.15) is 0 Å². The van der Waals surface area contributed by atoms with E-state index in [1.807, 2.05) is 12.1 Å². The molecule has 3 amide bonds. The highest BCUT2D eigenvalue weighted by atomic mass is 16.5. The standard InChI is InChI=1S/C20H22N4O3/c25-19(22-17-4-2-10-27-13-17)14-5-7-16(8-6-14)23-20(26)24-11-15-3-1-9-21-18(15)12-24/h1,3,5-9,17H,2,4,10-13H2,(H,22,25)(H,23,26). The molecule has 4 rings (SSSR count). The number of nitrogens with zero attached hydrogens (tertiary/aromatic N) is 2. The summed E-state index contributed by atoms with van der Waals surface area (Å²) in [5.41, 5.74) is 3.23.